The second-order valence-electron chi connectivity index (χ2n) is 2.83. The molecule has 0 saturated carbocycles. The Morgan fingerprint density at radius 3 is 3.00 bits per heavy atom. The molecule has 0 fully saturated rings. The summed E-state index contributed by atoms with van der Waals surface area (Å²) in [5.41, 5.74) is 7.79. The Labute approximate surface area is 71.6 Å². The van der Waals surface area contributed by atoms with Gasteiger partial charge in [-0.3, -0.25) is 0 Å². The highest BCUT2D eigenvalue weighted by Crippen LogP contribution is 2.24. The Morgan fingerprint density at radius 1 is 1.33 bits per heavy atom. The minimum Gasteiger partial charge on any atom is -0.489 e. The van der Waals surface area contributed by atoms with Crippen LogP contribution in [0.4, 0.5) is 0 Å². The molecule has 2 rings (SSSR count). The van der Waals surface area contributed by atoms with E-state index < -0.39 is 0 Å². The highest BCUT2D eigenvalue weighted by molar-refractivity contribution is 5.62. The first-order chi connectivity index (χ1) is 5.90. The molecular formula is C10H11NO. The van der Waals surface area contributed by atoms with E-state index in [1.54, 1.807) is 0 Å². The van der Waals surface area contributed by atoms with Gasteiger partial charge < -0.3 is 10.5 Å². The predicted molar refractivity (Wildman–Crippen MR) is 49.0 cm³/mol. The number of nitrogens with two attached hydrogens (primary N) is 1. The van der Waals surface area contributed by atoms with Gasteiger partial charge in [0.1, 0.15) is 12.4 Å². The van der Waals surface area contributed by atoms with Crippen molar-refractivity contribution in [3.63, 3.8) is 0 Å². The van der Waals surface area contributed by atoms with E-state index >= 15 is 0 Å². The third-order valence-corrected chi connectivity index (χ3v) is 1.95. The molecule has 0 bridgehead atoms. The van der Waals surface area contributed by atoms with Crippen LogP contribution >= 0.6 is 0 Å². The van der Waals surface area contributed by atoms with Crippen molar-refractivity contribution in [2.75, 3.05) is 13.2 Å². The fourth-order valence-corrected chi connectivity index (χ4v) is 1.28. The number of benzene rings is 1. The largest absolute Gasteiger partial charge is 0.489 e. The maximum Gasteiger partial charge on any atom is 0.127 e. The molecule has 1 heterocycles. The van der Waals surface area contributed by atoms with Gasteiger partial charge in [-0.25, -0.2) is 0 Å². The predicted octanol–water partition coefficient (Wildman–Crippen LogP) is 1.42. The average molecular weight is 161 g/mol. The van der Waals surface area contributed by atoms with Crippen LogP contribution in [0, 0.1) is 0 Å². The van der Waals surface area contributed by atoms with Gasteiger partial charge in [-0.1, -0.05) is 18.2 Å². The van der Waals surface area contributed by atoms with E-state index in [4.69, 9.17) is 10.5 Å². The summed E-state index contributed by atoms with van der Waals surface area (Å²) in [6.07, 6.45) is 2.10. The molecule has 0 atom stereocenters. The maximum atomic E-state index is 5.51. The normalized spacial score (nSPS) is 14.6. The molecule has 1 aliphatic rings. The molecule has 0 amide bonds. The molecule has 0 radical (unpaired) electrons. The first-order valence-corrected chi connectivity index (χ1v) is 4.01. The van der Waals surface area contributed by atoms with E-state index in [2.05, 4.69) is 6.08 Å². The molecule has 0 aliphatic carbocycles. The van der Waals surface area contributed by atoms with Crippen LogP contribution in [-0.4, -0.2) is 13.2 Å². The Morgan fingerprint density at radius 2 is 2.17 bits per heavy atom. The van der Waals surface area contributed by atoms with Crippen molar-refractivity contribution < 1.29 is 4.74 Å². The number of hydrogen-bond acceptors (Lipinski definition) is 2. The van der Waals surface area contributed by atoms with Gasteiger partial charge >= 0.3 is 0 Å². The minimum absolute atomic E-state index is 0.578. The Hall–Kier alpha value is -1.28. The molecule has 1 aromatic carbocycles. The van der Waals surface area contributed by atoms with Gasteiger partial charge in [0.25, 0.3) is 0 Å². The lowest BCUT2D eigenvalue weighted by molar-refractivity contribution is 0.345. The summed E-state index contributed by atoms with van der Waals surface area (Å²) >= 11 is 0. The van der Waals surface area contributed by atoms with E-state index in [0.717, 1.165) is 16.9 Å². The van der Waals surface area contributed by atoms with Gasteiger partial charge in [-0.2, -0.15) is 0 Å². The molecule has 0 unspecified atom stereocenters. The average Bonchev–Trinajstić information content (AvgIpc) is 2.17. The van der Waals surface area contributed by atoms with Crippen LogP contribution in [0.25, 0.3) is 6.08 Å². The third kappa shape index (κ3) is 1.21. The van der Waals surface area contributed by atoms with Gasteiger partial charge in [0.05, 0.1) is 0 Å². The standard InChI is InChI=1S/C10H11NO/c11-6-8-5-9-3-1-2-4-10(9)12-7-8/h1-5H,6-7,11H2. The van der Waals surface area contributed by atoms with Crippen LogP contribution in [-0.2, 0) is 0 Å². The van der Waals surface area contributed by atoms with E-state index in [1.165, 1.54) is 0 Å². The van der Waals surface area contributed by atoms with Crippen LogP contribution < -0.4 is 10.5 Å². The molecule has 2 heteroatoms. The zero-order valence-electron chi connectivity index (χ0n) is 6.79. The molecule has 1 aliphatic heterocycles. The van der Waals surface area contributed by atoms with Crippen LogP contribution in [0.3, 0.4) is 0 Å². The zero-order chi connectivity index (χ0) is 8.39. The Bertz CT molecular complexity index is 317. The van der Waals surface area contributed by atoms with Gasteiger partial charge in [-0.15, -0.1) is 0 Å². The van der Waals surface area contributed by atoms with Crippen molar-refractivity contribution in [3.05, 3.63) is 35.4 Å². The lowest BCUT2D eigenvalue weighted by atomic mass is 10.1. The molecule has 2 nitrogen and oxygen atoms in total. The summed E-state index contributed by atoms with van der Waals surface area (Å²) in [6, 6.07) is 7.97. The summed E-state index contributed by atoms with van der Waals surface area (Å²) < 4.78 is 5.48. The number of rotatable bonds is 1. The van der Waals surface area contributed by atoms with Crippen LogP contribution in [0.15, 0.2) is 29.8 Å². The summed E-state index contributed by atoms with van der Waals surface area (Å²) in [6.45, 7) is 1.21. The van der Waals surface area contributed by atoms with Gasteiger partial charge in [-0.05, 0) is 17.7 Å². The summed E-state index contributed by atoms with van der Waals surface area (Å²) in [5.74, 6) is 0.953. The SMILES string of the molecule is NCC1=Cc2ccccc2OC1. The minimum atomic E-state index is 0.578. The van der Waals surface area contributed by atoms with Crippen molar-refractivity contribution in [2.24, 2.45) is 5.73 Å². The van der Waals surface area contributed by atoms with Crippen LogP contribution in [0.2, 0.25) is 0 Å². The Kier molecular flexibility index (Phi) is 1.84. The van der Waals surface area contributed by atoms with Crippen molar-refractivity contribution in [1.82, 2.24) is 0 Å². The van der Waals surface area contributed by atoms with E-state index in [-0.39, 0.29) is 0 Å². The first kappa shape index (κ1) is 7.37. The van der Waals surface area contributed by atoms with Crippen molar-refractivity contribution >= 4 is 6.08 Å². The maximum absolute atomic E-state index is 5.51. The molecule has 0 aromatic heterocycles. The second-order valence-corrected chi connectivity index (χ2v) is 2.83. The van der Waals surface area contributed by atoms with Gasteiger partial charge in [0, 0.05) is 12.1 Å². The van der Waals surface area contributed by atoms with Crippen LogP contribution in [0.1, 0.15) is 5.56 Å². The van der Waals surface area contributed by atoms with E-state index in [0.29, 0.717) is 13.2 Å². The first-order valence-electron chi connectivity index (χ1n) is 4.01. The quantitative estimate of drug-likeness (QED) is 0.676. The van der Waals surface area contributed by atoms with Crippen molar-refractivity contribution in [2.45, 2.75) is 0 Å². The highest BCUT2D eigenvalue weighted by atomic mass is 16.5. The molecule has 0 saturated heterocycles. The summed E-state index contributed by atoms with van der Waals surface area (Å²) in [7, 11) is 0. The number of hydrogen-bond donors (Lipinski definition) is 1. The molecule has 2 N–H and O–H groups in total. The van der Waals surface area contributed by atoms with E-state index in [9.17, 15) is 0 Å². The lowest BCUT2D eigenvalue weighted by Crippen LogP contribution is -2.14. The monoisotopic (exact) mass is 161 g/mol. The number of para-hydroxylation sites is 1. The molecule has 0 spiro atoms. The third-order valence-electron chi connectivity index (χ3n) is 1.95. The van der Waals surface area contributed by atoms with Crippen LogP contribution in [0.5, 0.6) is 5.75 Å². The molecular weight excluding hydrogens is 150 g/mol. The highest BCUT2D eigenvalue weighted by Gasteiger charge is 2.08. The van der Waals surface area contributed by atoms with Crippen molar-refractivity contribution in [3.8, 4) is 5.75 Å². The fraction of sp³-hybridized carbons (Fsp3) is 0.200. The molecule has 62 valence electrons. The van der Waals surface area contributed by atoms with Gasteiger partial charge in [0.2, 0.25) is 0 Å². The topological polar surface area (TPSA) is 35.2 Å². The smallest absolute Gasteiger partial charge is 0.127 e. The summed E-state index contributed by atoms with van der Waals surface area (Å²) in [5, 5.41) is 0. The molecule has 12 heavy (non-hydrogen) atoms. The fourth-order valence-electron chi connectivity index (χ4n) is 1.28. The lowest BCUT2D eigenvalue weighted by Gasteiger charge is -2.16. The van der Waals surface area contributed by atoms with Crippen molar-refractivity contribution in [1.29, 1.82) is 0 Å². The Balaban J connectivity index is 2.41. The number of ether oxygens (including phenoxy) is 1. The molecule has 1 aromatic rings. The zero-order valence-corrected chi connectivity index (χ0v) is 6.79. The van der Waals surface area contributed by atoms with Gasteiger partial charge in [0.15, 0.2) is 0 Å². The number of fused-ring (bicyclic) bond motifs is 1. The second kappa shape index (κ2) is 2.99. The summed E-state index contributed by atoms with van der Waals surface area (Å²) in [4.78, 5) is 0. The van der Waals surface area contributed by atoms with E-state index in [1.807, 2.05) is 24.3 Å².